The second-order valence-electron chi connectivity index (χ2n) is 8.99. The van der Waals surface area contributed by atoms with E-state index in [4.69, 9.17) is 14.2 Å². The minimum atomic E-state index is -0.719. The minimum Gasteiger partial charge on any atom is -0.493 e. The molecule has 1 aliphatic carbocycles. The van der Waals surface area contributed by atoms with Crippen LogP contribution in [-0.2, 0) is 16.0 Å². The van der Waals surface area contributed by atoms with Gasteiger partial charge in [0.1, 0.15) is 6.04 Å². The molecule has 1 unspecified atom stereocenters. The van der Waals surface area contributed by atoms with E-state index < -0.39 is 12.0 Å². The molecule has 4 atom stereocenters. The summed E-state index contributed by atoms with van der Waals surface area (Å²) in [5, 5.41) is 9.65. The van der Waals surface area contributed by atoms with Crippen LogP contribution in [0.1, 0.15) is 37.7 Å². The van der Waals surface area contributed by atoms with Crippen LogP contribution >= 0.6 is 0 Å². The molecule has 0 radical (unpaired) electrons. The number of rotatable bonds is 10. The number of benzene rings is 1. The molecule has 1 saturated heterocycles. The predicted molar refractivity (Wildman–Crippen MR) is 120 cm³/mol. The van der Waals surface area contributed by atoms with Crippen molar-refractivity contribution in [1.29, 1.82) is 0 Å². The number of methoxy groups -OCH3 is 2. The molecule has 1 aromatic carbocycles. The molecule has 0 amide bonds. The molecule has 1 aliphatic heterocycles. The van der Waals surface area contributed by atoms with E-state index in [0.717, 1.165) is 50.3 Å². The standard InChI is InChI=1S/C24H38N2O5/c1-25(2)23(24(27)28)18-11-13-26(16-18)19-7-5-6-8-20(19)31-14-12-17-9-10-21(29-3)22(15-17)30-4/h9-10,15,18-20,23H,5-8,11-14,16H2,1-4H3,(H,27,28)/t18-,19+,20-,23?/m1/s1. The highest BCUT2D eigenvalue weighted by molar-refractivity contribution is 5.74. The van der Waals surface area contributed by atoms with Gasteiger partial charge in [0.15, 0.2) is 11.5 Å². The van der Waals surface area contributed by atoms with Gasteiger partial charge in [-0.15, -0.1) is 0 Å². The zero-order valence-electron chi connectivity index (χ0n) is 19.4. The fourth-order valence-electron chi connectivity index (χ4n) is 5.27. The van der Waals surface area contributed by atoms with Crippen molar-refractivity contribution in [2.24, 2.45) is 5.92 Å². The summed E-state index contributed by atoms with van der Waals surface area (Å²) in [7, 11) is 7.02. The Hall–Kier alpha value is -1.83. The lowest BCUT2D eigenvalue weighted by Gasteiger charge is -2.38. The van der Waals surface area contributed by atoms with Gasteiger partial charge in [-0.25, -0.2) is 0 Å². The average molecular weight is 435 g/mol. The van der Waals surface area contributed by atoms with Gasteiger partial charge in [0.05, 0.1) is 26.9 Å². The van der Waals surface area contributed by atoms with Crippen molar-refractivity contribution in [2.75, 3.05) is 48.0 Å². The Morgan fingerprint density at radius 2 is 1.90 bits per heavy atom. The molecule has 1 N–H and O–H groups in total. The monoisotopic (exact) mass is 434 g/mol. The molecule has 31 heavy (non-hydrogen) atoms. The van der Waals surface area contributed by atoms with Crippen LogP contribution in [0.2, 0.25) is 0 Å². The third kappa shape index (κ3) is 5.90. The van der Waals surface area contributed by atoms with Gasteiger partial charge in [-0.2, -0.15) is 0 Å². The second kappa shape index (κ2) is 11.2. The maximum atomic E-state index is 11.7. The molecule has 0 bridgehead atoms. The van der Waals surface area contributed by atoms with E-state index in [1.165, 1.54) is 18.4 Å². The van der Waals surface area contributed by atoms with Crippen LogP contribution in [-0.4, -0.2) is 87.1 Å². The number of hydrogen-bond acceptors (Lipinski definition) is 6. The number of likely N-dealkylation sites (N-methyl/N-ethyl adjacent to an activating group) is 1. The van der Waals surface area contributed by atoms with Gasteiger partial charge < -0.3 is 19.3 Å². The predicted octanol–water partition coefficient (Wildman–Crippen LogP) is 2.91. The summed E-state index contributed by atoms with van der Waals surface area (Å²) in [6, 6.07) is 5.98. The Bertz CT molecular complexity index is 726. The number of carboxylic acid groups (broad SMARTS) is 1. The zero-order valence-corrected chi connectivity index (χ0v) is 19.4. The van der Waals surface area contributed by atoms with Crippen LogP contribution in [0, 0.1) is 5.92 Å². The first-order valence-corrected chi connectivity index (χ1v) is 11.4. The first kappa shape index (κ1) is 23.8. The van der Waals surface area contributed by atoms with Gasteiger partial charge in [-0.05, 0) is 69.9 Å². The molecule has 2 fully saturated rings. The smallest absolute Gasteiger partial charge is 0.321 e. The molecule has 3 rings (SSSR count). The van der Waals surface area contributed by atoms with Crippen molar-refractivity contribution in [3.63, 3.8) is 0 Å². The molecular formula is C24H38N2O5. The number of nitrogens with zero attached hydrogens (tertiary/aromatic N) is 2. The maximum Gasteiger partial charge on any atom is 0.321 e. The van der Waals surface area contributed by atoms with Gasteiger partial charge in [0.2, 0.25) is 0 Å². The highest BCUT2D eigenvalue weighted by Gasteiger charge is 2.40. The van der Waals surface area contributed by atoms with E-state index in [1.807, 2.05) is 31.1 Å². The van der Waals surface area contributed by atoms with Gasteiger partial charge in [-0.3, -0.25) is 14.6 Å². The average Bonchev–Trinajstić information content (AvgIpc) is 3.22. The maximum absolute atomic E-state index is 11.7. The topological polar surface area (TPSA) is 71.5 Å². The van der Waals surface area contributed by atoms with E-state index in [0.29, 0.717) is 12.6 Å². The number of carbonyl (C=O) groups is 1. The van der Waals surface area contributed by atoms with Crippen molar-refractivity contribution in [2.45, 2.75) is 56.7 Å². The Kier molecular flexibility index (Phi) is 8.58. The van der Waals surface area contributed by atoms with Crippen LogP contribution in [0.15, 0.2) is 18.2 Å². The lowest BCUT2D eigenvalue weighted by Crippen LogP contribution is -2.48. The van der Waals surface area contributed by atoms with E-state index in [1.54, 1.807) is 14.2 Å². The van der Waals surface area contributed by atoms with Crippen molar-refractivity contribution in [3.05, 3.63) is 23.8 Å². The quantitative estimate of drug-likeness (QED) is 0.607. The molecule has 2 aliphatic rings. The van der Waals surface area contributed by atoms with E-state index in [2.05, 4.69) is 11.0 Å². The van der Waals surface area contributed by atoms with Crippen molar-refractivity contribution < 1.29 is 24.1 Å². The third-order valence-electron chi connectivity index (χ3n) is 6.82. The Balaban J connectivity index is 1.56. The largest absolute Gasteiger partial charge is 0.493 e. The molecular weight excluding hydrogens is 396 g/mol. The molecule has 7 heteroatoms. The summed E-state index contributed by atoms with van der Waals surface area (Å²) in [6.07, 6.45) is 6.61. The normalized spacial score (nSPS) is 25.5. The van der Waals surface area contributed by atoms with Gasteiger partial charge in [0.25, 0.3) is 0 Å². The Labute approximate surface area is 186 Å². The van der Waals surface area contributed by atoms with E-state index in [-0.39, 0.29) is 12.0 Å². The molecule has 0 spiro atoms. The number of aliphatic carboxylic acids is 1. The van der Waals surface area contributed by atoms with Gasteiger partial charge >= 0.3 is 5.97 Å². The molecule has 7 nitrogen and oxygen atoms in total. The van der Waals surface area contributed by atoms with Gasteiger partial charge in [-0.1, -0.05) is 18.9 Å². The van der Waals surface area contributed by atoms with E-state index in [9.17, 15) is 9.90 Å². The van der Waals surface area contributed by atoms with Crippen LogP contribution in [0.25, 0.3) is 0 Å². The van der Waals surface area contributed by atoms with Crippen LogP contribution in [0.4, 0.5) is 0 Å². The number of hydrogen-bond donors (Lipinski definition) is 1. The number of carboxylic acids is 1. The molecule has 1 heterocycles. The highest BCUT2D eigenvalue weighted by atomic mass is 16.5. The summed E-state index contributed by atoms with van der Waals surface area (Å²) in [5.41, 5.74) is 1.17. The number of ether oxygens (including phenoxy) is 3. The molecule has 174 valence electrons. The summed E-state index contributed by atoms with van der Waals surface area (Å²) in [4.78, 5) is 16.1. The van der Waals surface area contributed by atoms with Crippen molar-refractivity contribution in [3.8, 4) is 11.5 Å². The summed E-state index contributed by atoms with van der Waals surface area (Å²) in [6.45, 7) is 2.47. The second-order valence-corrected chi connectivity index (χ2v) is 8.99. The fourth-order valence-corrected chi connectivity index (χ4v) is 5.27. The summed E-state index contributed by atoms with van der Waals surface area (Å²) in [5.74, 6) is 0.929. The zero-order chi connectivity index (χ0) is 22.4. The van der Waals surface area contributed by atoms with Crippen molar-refractivity contribution in [1.82, 2.24) is 9.80 Å². The third-order valence-corrected chi connectivity index (χ3v) is 6.82. The molecule has 0 aromatic heterocycles. The summed E-state index contributed by atoms with van der Waals surface area (Å²) >= 11 is 0. The molecule has 1 saturated carbocycles. The molecule has 1 aromatic rings. The fraction of sp³-hybridized carbons (Fsp3) is 0.708. The first-order valence-electron chi connectivity index (χ1n) is 11.4. The number of likely N-dealkylation sites (tertiary alicyclic amines) is 1. The summed E-state index contributed by atoms with van der Waals surface area (Å²) < 4.78 is 17.1. The van der Waals surface area contributed by atoms with Crippen LogP contribution in [0.3, 0.4) is 0 Å². The van der Waals surface area contributed by atoms with Crippen LogP contribution < -0.4 is 9.47 Å². The lowest BCUT2D eigenvalue weighted by molar-refractivity contribution is -0.144. The van der Waals surface area contributed by atoms with Gasteiger partial charge in [0, 0.05) is 12.6 Å². The minimum absolute atomic E-state index is 0.168. The Morgan fingerprint density at radius 1 is 1.16 bits per heavy atom. The van der Waals surface area contributed by atoms with Crippen LogP contribution in [0.5, 0.6) is 11.5 Å². The highest BCUT2D eigenvalue weighted by Crippen LogP contribution is 2.32. The van der Waals surface area contributed by atoms with E-state index >= 15 is 0 Å². The Morgan fingerprint density at radius 3 is 2.58 bits per heavy atom. The lowest BCUT2D eigenvalue weighted by atomic mass is 9.91. The van der Waals surface area contributed by atoms with Crippen molar-refractivity contribution >= 4 is 5.97 Å². The SMILES string of the molecule is COc1ccc(CCO[C@@H]2CCCC[C@@H]2N2CC[C@@H](C(C(=O)O)N(C)C)C2)cc1OC. The first-order chi connectivity index (χ1) is 14.9.